The highest BCUT2D eigenvalue weighted by molar-refractivity contribution is 7.54. The fraction of sp³-hybridized carbons (Fsp3) is 0.600. The number of nitrogens with two attached hydrogens (primary N) is 1. The maximum Gasteiger partial charge on any atom is 0.353 e. The number of aryl methyl sites for hydroxylation is 1. The highest BCUT2D eigenvalue weighted by Crippen LogP contribution is 2.58. The zero-order chi connectivity index (χ0) is 12.2. The minimum absolute atomic E-state index is 0.315. The van der Waals surface area contributed by atoms with Gasteiger partial charge in [0.1, 0.15) is 5.78 Å². The highest BCUT2D eigenvalue weighted by Gasteiger charge is 2.35. The molecule has 0 aliphatic rings. The maximum atomic E-state index is 12.4. The monoisotopic (exact) mass is 246 g/mol. The van der Waals surface area contributed by atoms with Gasteiger partial charge >= 0.3 is 7.60 Å². The first-order valence-corrected chi connectivity index (χ1v) is 6.92. The summed E-state index contributed by atoms with van der Waals surface area (Å²) in [4.78, 5) is 0. The number of rotatable bonds is 6. The van der Waals surface area contributed by atoms with Gasteiger partial charge in [0, 0.05) is 18.9 Å². The SMILES string of the molecule is CCOP(=O)(OCC)[C@@H](N)c1cccn1C. The third kappa shape index (κ3) is 2.74. The predicted molar refractivity (Wildman–Crippen MR) is 63.2 cm³/mol. The molecule has 0 spiro atoms. The number of nitrogens with zero attached hydrogens (tertiary/aromatic N) is 1. The topological polar surface area (TPSA) is 66.5 Å². The van der Waals surface area contributed by atoms with Crippen LogP contribution in [0.15, 0.2) is 18.3 Å². The number of hydrogen-bond donors (Lipinski definition) is 1. The molecule has 0 saturated carbocycles. The molecule has 1 heterocycles. The molecule has 5 nitrogen and oxygen atoms in total. The van der Waals surface area contributed by atoms with Crippen molar-refractivity contribution in [2.75, 3.05) is 13.2 Å². The smallest absolute Gasteiger partial charge is 0.353 e. The van der Waals surface area contributed by atoms with E-state index in [0.29, 0.717) is 13.2 Å². The van der Waals surface area contributed by atoms with Crippen molar-refractivity contribution < 1.29 is 13.6 Å². The molecule has 1 aromatic heterocycles. The summed E-state index contributed by atoms with van der Waals surface area (Å²) < 4.78 is 24.6. The number of hydrogen-bond acceptors (Lipinski definition) is 4. The molecule has 0 aromatic carbocycles. The summed E-state index contributed by atoms with van der Waals surface area (Å²) in [5.41, 5.74) is 6.70. The number of aromatic nitrogens is 1. The van der Waals surface area contributed by atoms with Crippen molar-refractivity contribution in [1.29, 1.82) is 0 Å². The van der Waals surface area contributed by atoms with Gasteiger partial charge in [0.2, 0.25) is 0 Å². The van der Waals surface area contributed by atoms with Crippen molar-refractivity contribution in [2.24, 2.45) is 12.8 Å². The average molecular weight is 246 g/mol. The Morgan fingerprint density at radius 1 is 1.44 bits per heavy atom. The van der Waals surface area contributed by atoms with Crippen LogP contribution in [0, 0.1) is 0 Å². The Morgan fingerprint density at radius 2 is 2.00 bits per heavy atom. The molecule has 0 aliphatic heterocycles. The van der Waals surface area contributed by atoms with Gasteiger partial charge < -0.3 is 19.3 Å². The Labute approximate surface area is 96.1 Å². The first-order valence-electron chi connectivity index (χ1n) is 5.30. The first-order chi connectivity index (χ1) is 7.55. The van der Waals surface area contributed by atoms with Crippen molar-refractivity contribution >= 4 is 7.60 Å². The summed E-state index contributed by atoms with van der Waals surface area (Å²) in [6, 6.07) is 3.66. The van der Waals surface area contributed by atoms with Crippen molar-refractivity contribution in [3.63, 3.8) is 0 Å². The lowest BCUT2D eigenvalue weighted by molar-refractivity contribution is 0.211. The Kier molecular flexibility index (Phi) is 4.74. The van der Waals surface area contributed by atoms with Crippen LogP contribution in [-0.2, 0) is 20.7 Å². The standard InChI is InChI=1S/C10H19N2O3P/c1-4-14-16(13,15-5-2)10(11)9-7-6-8-12(9)3/h6-8,10H,4-5,11H2,1-3H3/t10-/m1/s1. The molecule has 92 valence electrons. The lowest BCUT2D eigenvalue weighted by atomic mass is 10.4. The zero-order valence-corrected chi connectivity index (χ0v) is 10.8. The van der Waals surface area contributed by atoms with Crippen molar-refractivity contribution in [2.45, 2.75) is 19.6 Å². The van der Waals surface area contributed by atoms with Gasteiger partial charge in [-0.05, 0) is 26.0 Å². The second kappa shape index (κ2) is 5.64. The summed E-state index contributed by atoms with van der Waals surface area (Å²) in [6.07, 6.45) is 1.84. The summed E-state index contributed by atoms with van der Waals surface area (Å²) in [5, 5.41) is 0. The van der Waals surface area contributed by atoms with Gasteiger partial charge in [-0.25, -0.2) is 0 Å². The lowest BCUT2D eigenvalue weighted by Crippen LogP contribution is -2.17. The third-order valence-electron chi connectivity index (χ3n) is 2.25. The Hall–Kier alpha value is -0.610. The summed E-state index contributed by atoms with van der Waals surface area (Å²) in [6.45, 7) is 4.16. The molecule has 16 heavy (non-hydrogen) atoms. The molecule has 0 bridgehead atoms. The molecule has 0 radical (unpaired) electrons. The molecule has 0 aliphatic carbocycles. The van der Waals surface area contributed by atoms with E-state index in [1.54, 1.807) is 13.8 Å². The summed E-state index contributed by atoms with van der Waals surface area (Å²) in [5.74, 6) is -0.743. The van der Waals surface area contributed by atoms with Gasteiger partial charge in [0.05, 0.1) is 13.2 Å². The fourth-order valence-electron chi connectivity index (χ4n) is 1.50. The third-order valence-corrected chi connectivity index (χ3v) is 4.43. The van der Waals surface area contributed by atoms with Crippen LogP contribution in [0.25, 0.3) is 0 Å². The van der Waals surface area contributed by atoms with E-state index in [2.05, 4.69) is 0 Å². The average Bonchev–Trinajstić information content (AvgIpc) is 2.64. The molecular weight excluding hydrogens is 227 g/mol. The van der Waals surface area contributed by atoms with E-state index in [1.165, 1.54) is 0 Å². The van der Waals surface area contributed by atoms with E-state index < -0.39 is 13.4 Å². The largest absolute Gasteiger partial charge is 0.353 e. The van der Waals surface area contributed by atoms with Crippen LogP contribution in [0.5, 0.6) is 0 Å². The Bertz CT molecular complexity index is 368. The van der Waals surface area contributed by atoms with E-state index >= 15 is 0 Å². The van der Waals surface area contributed by atoms with Crippen LogP contribution in [0.3, 0.4) is 0 Å². The van der Waals surface area contributed by atoms with E-state index in [1.807, 2.05) is 29.9 Å². The summed E-state index contributed by atoms with van der Waals surface area (Å²) in [7, 11) is -1.42. The van der Waals surface area contributed by atoms with E-state index in [0.717, 1.165) is 5.69 Å². The lowest BCUT2D eigenvalue weighted by Gasteiger charge is -2.23. The van der Waals surface area contributed by atoms with E-state index in [4.69, 9.17) is 14.8 Å². The fourth-order valence-corrected chi connectivity index (χ4v) is 3.21. The minimum Gasteiger partial charge on any atom is -0.353 e. The van der Waals surface area contributed by atoms with Crippen LogP contribution in [0.4, 0.5) is 0 Å². The van der Waals surface area contributed by atoms with Gasteiger partial charge in [0.25, 0.3) is 0 Å². The molecule has 1 aromatic rings. The van der Waals surface area contributed by atoms with Crippen LogP contribution in [0.1, 0.15) is 25.3 Å². The highest BCUT2D eigenvalue weighted by atomic mass is 31.2. The molecule has 2 N–H and O–H groups in total. The first kappa shape index (κ1) is 13.5. The van der Waals surface area contributed by atoms with Crippen molar-refractivity contribution in [1.82, 2.24) is 4.57 Å². The zero-order valence-electron chi connectivity index (χ0n) is 9.92. The second-order valence-corrected chi connectivity index (χ2v) is 5.52. The predicted octanol–water partition coefficient (Wildman–Crippen LogP) is 2.25. The van der Waals surface area contributed by atoms with Gasteiger partial charge in [-0.1, -0.05) is 0 Å². The molecule has 1 rings (SSSR count). The van der Waals surface area contributed by atoms with Crippen LogP contribution >= 0.6 is 7.60 Å². The van der Waals surface area contributed by atoms with Gasteiger partial charge in [-0.3, -0.25) is 4.57 Å². The molecule has 0 saturated heterocycles. The molecule has 6 heteroatoms. The Balaban J connectivity index is 2.95. The molecular formula is C10H19N2O3P. The van der Waals surface area contributed by atoms with Crippen LogP contribution in [-0.4, -0.2) is 17.8 Å². The molecule has 0 amide bonds. The quantitative estimate of drug-likeness (QED) is 0.782. The second-order valence-electron chi connectivity index (χ2n) is 3.36. The molecule has 0 unspecified atom stereocenters. The van der Waals surface area contributed by atoms with Gasteiger partial charge in [-0.15, -0.1) is 0 Å². The summed E-state index contributed by atoms with van der Waals surface area (Å²) >= 11 is 0. The maximum absolute atomic E-state index is 12.4. The normalized spacial score (nSPS) is 14.0. The Morgan fingerprint density at radius 3 is 2.38 bits per heavy atom. The molecule has 1 atom stereocenters. The van der Waals surface area contributed by atoms with E-state index in [9.17, 15) is 4.57 Å². The van der Waals surface area contributed by atoms with Crippen LogP contribution < -0.4 is 5.73 Å². The van der Waals surface area contributed by atoms with Crippen molar-refractivity contribution in [3.05, 3.63) is 24.0 Å². The van der Waals surface area contributed by atoms with Crippen LogP contribution in [0.2, 0.25) is 0 Å². The minimum atomic E-state index is -3.27. The van der Waals surface area contributed by atoms with E-state index in [-0.39, 0.29) is 0 Å². The molecule has 0 fully saturated rings. The van der Waals surface area contributed by atoms with Gasteiger partial charge in [-0.2, -0.15) is 0 Å². The van der Waals surface area contributed by atoms with Gasteiger partial charge in [0.15, 0.2) is 0 Å². The van der Waals surface area contributed by atoms with Crippen molar-refractivity contribution in [3.8, 4) is 0 Å².